The second-order valence-electron chi connectivity index (χ2n) is 7.50. The van der Waals surface area contributed by atoms with Crippen LogP contribution < -0.4 is 0 Å². The number of unbranched alkanes of at least 4 members (excludes halogenated alkanes) is 9. The predicted molar refractivity (Wildman–Crippen MR) is 103 cm³/mol. The summed E-state index contributed by atoms with van der Waals surface area (Å²) in [6.07, 6.45) is 14.8. The van der Waals surface area contributed by atoms with E-state index in [1.54, 1.807) is 0 Å². The van der Waals surface area contributed by atoms with Gasteiger partial charge in [0.25, 0.3) is 0 Å². The van der Waals surface area contributed by atoms with E-state index in [0.29, 0.717) is 6.42 Å². The lowest BCUT2D eigenvalue weighted by Crippen LogP contribution is -2.26. The van der Waals surface area contributed by atoms with Crippen molar-refractivity contribution >= 4 is 0 Å². The van der Waals surface area contributed by atoms with Crippen LogP contribution in [0, 0.1) is 0 Å². The van der Waals surface area contributed by atoms with Gasteiger partial charge < -0.3 is 10.2 Å². The second-order valence-corrected chi connectivity index (χ2v) is 7.50. The molecule has 0 amide bonds. The molecule has 1 atom stereocenters. The maximum Gasteiger partial charge on any atom is 0.160 e. The SMILES string of the molecule is CCCCCCCCCCCCC(CC(C)(O)O)c1ccccc1. The number of rotatable bonds is 14. The number of aliphatic hydroxyl groups is 2. The van der Waals surface area contributed by atoms with Crippen LogP contribution in [0.1, 0.15) is 102 Å². The fourth-order valence-electron chi connectivity index (χ4n) is 3.46. The van der Waals surface area contributed by atoms with Crippen LogP contribution in [0.5, 0.6) is 0 Å². The van der Waals surface area contributed by atoms with Gasteiger partial charge in [0.15, 0.2) is 5.79 Å². The molecule has 24 heavy (non-hydrogen) atoms. The Bertz CT molecular complexity index is 394. The van der Waals surface area contributed by atoms with Crippen molar-refractivity contribution in [2.75, 3.05) is 0 Å². The van der Waals surface area contributed by atoms with Crippen molar-refractivity contribution in [3.63, 3.8) is 0 Å². The molecule has 0 aliphatic carbocycles. The molecule has 0 saturated heterocycles. The Balaban J connectivity index is 2.19. The van der Waals surface area contributed by atoms with Crippen molar-refractivity contribution in [3.8, 4) is 0 Å². The van der Waals surface area contributed by atoms with Crippen LogP contribution in [-0.4, -0.2) is 16.0 Å². The molecule has 0 fully saturated rings. The molecule has 0 aliphatic rings. The highest BCUT2D eigenvalue weighted by molar-refractivity contribution is 5.19. The Morgan fingerprint density at radius 2 is 1.29 bits per heavy atom. The molecule has 0 saturated carbocycles. The molecule has 1 rings (SSSR count). The zero-order valence-electron chi connectivity index (χ0n) is 15.8. The highest BCUT2D eigenvalue weighted by Crippen LogP contribution is 2.30. The number of hydrogen-bond acceptors (Lipinski definition) is 2. The molecule has 1 unspecified atom stereocenters. The van der Waals surface area contributed by atoms with Crippen molar-refractivity contribution < 1.29 is 10.2 Å². The van der Waals surface area contributed by atoms with Crippen LogP contribution in [0.15, 0.2) is 30.3 Å². The Kier molecular flexibility index (Phi) is 11.0. The van der Waals surface area contributed by atoms with Crippen molar-refractivity contribution in [3.05, 3.63) is 35.9 Å². The molecule has 2 nitrogen and oxygen atoms in total. The standard InChI is InChI=1S/C22H38O2/c1-3-4-5-6-7-8-9-10-11-13-18-21(19-22(2,23)24)20-16-14-12-15-17-20/h12,14-17,21,23-24H,3-11,13,18-19H2,1-2H3. The average Bonchev–Trinajstić information content (AvgIpc) is 2.55. The lowest BCUT2D eigenvalue weighted by Gasteiger charge is -2.24. The lowest BCUT2D eigenvalue weighted by atomic mass is 9.87. The van der Waals surface area contributed by atoms with Gasteiger partial charge in [0.05, 0.1) is 0 Å². The Morgan fingerprint density at radius 1 is 0.792 bits per heavy atom. The van der Waals surface area contributed by atoms with E-state index in [0.717, 1.165) is 6.42 Å². The van der Waals surface area contributed by atoms with Gasteiger partial charge in [-0.15, -0.1) is 0 Å². The summed E-state index contributed by atoms with van der Waals surface area (Å²) in [5.74, 6) is -1.35. The zero-order chi connectivity index (χ0) is 17.7. The fourth-order valence-corrected chi connectivity index (χ4v) is 3.46. The molecule has 138 valence electrons. The Hall–Kier alpha value is -0.860. The predicted octanol–water partition coefficient (Wildman–Crippen LogP) is 6.17. The van der Waals surface area contributed by atoms with Gasteiger partial charge in [-0.25, -0.2) is 0 Å². The third-order valence-corrected chi connectivity index (χ3v) is 4.81. The van der Waals surface area contributed by atoms with E-state index in [1.165, 1.54) is 76.7 Å². The van der Waals surface area contributed by atoms with Gasteiger partial charge in [0.2, 0.25) is 0 Å². The third kappa shape index (κ3) is 10.8. The Labute approximate surface area is 149 Å². The first-order chi connectivity index (χ1) is 11.5. The van der Waals surface area contributed by atoms with Crippen LogP contribution >= 0.6 is 0 Å². The highest BCUT2D eigenvalue weighted by Gasteiger charge is 2.23. The van der Waals surface area contributed by atoms with Crippen molar-refractivity contribution in [2.24, 2.45) is 0 Å². The minimum Gasteiger partial charge on any atom is -0.366 e. The van der Waals surface area contributed by atoms with Gasteiger partial charge in [0.1, 0.15) is 0 Å². The summed E-state index contributed by atoms with van der Waals surface area (Å²) in [4.78, 5) is 0. The largest absolute Gasteiger partial charge is 0.366 e. The molecule has 2 heteroatoms. The molecular weight excluding hydrogens is 296 g/mol. The van der Waals surface area contributed by atoms with Crippen LogP contribution in [0.2, 0.25) is 0 Å². The molecule has 0 radical (unpaired) electrons. The van der Waals surface area contributed by atoms with Gasteiger partial charge in [-0.2, -0.15) is 0 Å². The normalized spacial score (nSPS) is 13.2. The first-order valence-corrected chi connectivity index (χ1v) is 10.0. The van der Waals surface area contributed by atoms with Gasteiger partial charge in [-0.3, -0.25) is 0 Å². The van der Waals surface area contributed by atoms with E-state index in [2.05, 4.69) is 19.1 Å². The Morgan fingerprint density at radius 3 is 1.79 bits per heavy atom. The van der Waals surface area contributed by atoms with Crippen molar-refractivity contribution in [2.45, 2.75) is 103 Å². The van der Waals surface area contributed by atoms with Crippen LogP contribution in [0.4, 0.5) is 0 Å². The quantitative estimate of drug-likeness (QED) is 0.315. The van der Waals surface area contributed by atoms with E-state index >= 15 is 0 Å². The molecule has 0 aromatic heterocycles. The molecule has 1 aromatic rings. The van der Waals surface area contributed by atoms with Crippen molar-refractivity contribution in [1.82, 2.24) is 0 Å². The maximum absolute atomic E-state index is 9.77. The monoisotopic (exact) mass is 334 g/mol. The van der Waals surface area contributed by atoms with Gasteiger partial charge >= 0.3 is 0 Å². The van der Waals surface area contributed by atoms with E-state index in [1.807, 2.05) is 18.2 Å². The maximum atomic E-state index is 9.77. The number of benzene rings is 1. The summed E-state index contributed by atoms with van der Waals surface area (Å²) in [6.45, 7) is 3.75. The van der Waals surface area contributed by atoms with E-state index in [-0.39, 0.29) is 5.92 Å². The van der Waals surface area contributed by atoms with Gasteiger partial charge in [-0.05, 0) is 24.8 Å². The average molecular weight is 335 g/mol. The van der Waals surface area contributed by atoms with Crippen LogP contribution in [-0.2, 0) is 0 Å². The van der Waals surface area contributed by atoms with Crippen LogP contribution in [0.3, 0.4) is 0 Å². The molecule has 0 spiro atoms. The first-order valence-electron chi connectivity index (χ1n) is 10.0. The topological polar surface area (TPSA) is 40.5 Å². The summed E-state index contributed by atoms with van der Waals surface area (Å²) in [7, 11) is 0. The molecular formula is C22H38O2. The van der Waals surface area contributed by atoms with Crippen LogP contribution in [0.25, 0.3) is 0 Å². The summed E-state index contributed by atoms with van der Waals surface area (Å²) in [5, 5.41) is 19.5. The molecule has 1 aromatic carbocycles. The van der Waals surface area contributed by atoms with Gasteiger partial charge in [0, 0.05) is 6.42 Å². The summed E-state index contributed by atoms with van der Waals surface area (Å²) in [5.41, 5.74) is 1.22. The minimum absolute atomic E-state index is 0.236. The summed E-state index contributed by atoms with van der Waals surface area (Å²) < 4.78 is 0. The smallest absolute Gasteiger partial charge is 0.160 e. The second kappa shape index (κ2) is 12.5. The van der Waals surface area contributed by atoms with E-state index in [9.17, 15) is 10.2 Å². The fraction of sp³-hybridized carbons (Fsp3) is 0.727. The van der Waals surface area contributed by atoms with Gasteiger partial charge in [-0.1, -0.05) is 101 Å². The molecule has 0 aliphatic heterocycles. The van der Waals surface area contributed by atoms with E-state index in [4.69, 9.17) is 0 Å². The van der Waals surface area contributed by atoms with E-state index < -0.39 is 5.79 Å². The zero-order valence-corrected chi connectivity index (χ0v) is 15.8. The van der Waals surface area contributed by atoms with Crippen molar-refractivity contribution in [1.29, 1.82) is 0 Å². The number of hydrogen-bond donors (Lipinski definition) is 2. The first kappa shape index (κ1) is 21.2. The molecule has 0 bridgehead atoms. The summed E-state index contributed by atoms with van der Waals surface area (Å²) >= 11 is 0. The summed E-state index contributed by atoms with van der Waals surface area (Å²) in [6, 6.07) is 10.3. The lowest BCUT2D eigenvalue weighted by molar-refractivity contribution is -0.153. The highest BCUT2D eigenvalue weighted by atomic mass is 16.5. The minimum atomic E-state index is -1.58. The third-order valence-electron chi connectivity index (χ3n) is 4.81. The molecule has 0 heterocycles. The molecule has 2 N–H and O–H groups in total.